The Labute approximate surface area is 95.0 Å². The average molecular weight is 180 g/mol. The first-order valence-electron chi connectivity index (χ1n) is 3.73. The van der Waals surface area contributed by atoms with Crippen molar-refractivity contribution >= 4 is 11.6 Å². The van der Waals surface area contributed by atoms with Gasteiger partial charge in [0.1, 0.15) is 5.75 Å². The number of nitrogens with one attached hydrogen (secondary N) is 1. The monoisotopic (exact) mass is 180 g/mol. The molecule has 0 aliphatic heterocycles. The first-order chi connectivity index (χ1) is 6.27. The predicted molar refractivity (Wildman–Crippen MR) is 52.8 cm³/mol. The van der Waals surface area contributed by atoms with Crippen molar-refractivity contribution in [1.29, 1.82) is 5.41 Å². The molecule has 1 N–H and O–H groups in total. The average Bonchev–Trinajstić information content (AvgIpc) is 2.18. The van der Waals surface area contributed by atoms with Crippen LogP contribution in [0.15, 0.2) is 30.3 Å². The van der Waals surface area contributed by atoms with E-state index in [0.717, 1.165) is 5.75 Å². The van der Waals surface area contributed by atoms with E-state index in [1.807, 2.05) is 5.87 Å². The molecule has 0 aliphatic rings. The van der Waals surface area contributed by atoms with E-state index < -0.39 is 0 Å². The summed E-state index contributed by atoms with van der Waals surface area (Å²) in [7, 11) is 1.59. The van der Waals surface area contributed by atoms with Gasteiger partial charge in [-0.3, -0.25) is 11.3 Å². The second-order valence-electron chi connectivity index (χ2n) is 2.42. The summed E-state index contributed by atoms with van der Waals surface area (Å²) in [6.45, 7) is 0. The fraction of sp³-hybridized carbons (Fsp3) is 0.100. The molecule has 0 fully saturated rings. The number of allylic oxidation sites excluding steroid dienone is 1. The molecule has 0 amide bonds. The van der Waals surface area contributed by atoms with Crippen LogP contribution in [0.1, 0.15) is 5.56 Å². The van der Waals surface area contributed by atoms with Crippen LogP contribution in [0.2, 0.25) is 0 Å². The summed E-state index contributed by atoms with van der Waals surface area (Å²) in [5, 5.41) is 15.8. The van der Waals surface area contributed by atoms with Crippen molar-refractivity contribution in [3.63, 3.8) is 0 Å². The van der Waals surface area contributed by atoms with Crippen molar-refractivity contribution in [3.8, 4) is 5.75 Å². The number of hydrogen-bond acceptors (Lipinski definition) is 2. The maximum atomic E-state index is 8.33. The minimum atomic E-state index is 0. The zero-order valence-electron chi connectivity index (χ0n) is 8.24. The van der Waals surface area contributed by atoms with Crippen LogP contribution < -0.4 is 23.6 Å². The van der Waals surface area contributed by atoms with Gasteiger partial charge in [0.2, 0.25) is 0 Å². The Morgan fingerprint density at radius 1 is 1.43 bits per heavy atom. The number of rotatable bonds is 3. The molecule has 66 valence electrons. The van der Waals surface area contributed by atoms with E-state index in [9.17, 15) is 0 Å². The number of methoxy groups -OCH3 is 1. The van der Waals surface area contributed by atoms with E-state index in [4.69, 9.17) is 15.6 Å². The molecule has 3 nitrogen and oxygen atoms in total. The second-order valence-corrected chi connectivity index (χ2v) is 2.42. The summed E-state index contributed by atoms with van der Waals surface area (Å²) in [6, 6.07) is 7.01. The summed E-state index contributed by atoms with van der Waals surface area (Å²) in [4.78, 5) is 0. The first kappa shape index (κ1) is 12.7. The molecule has 0 saturated heterocycles. The molecule has 0 spiro atoms. The molecule has 0 saturated carbocycles. The first-order valence-corrected chi connectivity index (χ1v) is 3.73. The van der Waals surface area contributed by atoms with E-state index >= 15 is 0 Å². The van der Waals surface area contributed by atoms with Crippen LogP contribution in [-0.4, -0.2) is 18.7 Å². The molecular formula is C10H9LiN2O. The molecular weight excluding hydrogens is 171 g/mol. The standard InChI is InChI=1S/C10H9N2O.Li/c1-13-9-4-2-8(3-5-9)10(12)6-7-11;/h2-6,12H,1H3;/q-1;+1. The Morgan fingerprint density at radius 2 is 2.00 bits per heavy atom. The number of hydrogen-bond donors (Lipinski definition) is 1. The molecule has 4 heteroatoms. The predicted octanol–water partition coefficient (Wildman–Crippen LogP) is -1.14. The summed E-state index contributed by atoms with van der Waals surface area (Å²) in [5.74, 6) is 2.56. The van der Waals surface area contributed by atoms with Crippen LogP contribution in [0.3, 0.4) is 0 Å². The summed E-state index contributed by atoms with van der Waals surface area (Å²) in [6.07, 6.45) is 1.20. The van der Waals surface area contributed by atoms with Gasteiger partial charge < -0.3 is 10.1 Å². The van der Waals surface area contributed by atoms with Crippen LogP contribution >= 0.6 is 0 Å². The summed E-state index contributed by atoms with van der Waals surface area (Å²) in [5.41, 5.74) is 0.924. The minimum Gasteiger partial charge on any atom is -0.763 e. The van der Waals surface area contributed by atoms with Crippen molar-refractivity contribution in [2.75, 3.05) is 7.11 Å². The molecule has 0 atom stereocenters. The van der Waals surface area contributed by atoms with Gasteiger partial charge in [-0.25, -0.2) is 0 Å². The molecule has 0 radical (unpaired) electrons. The fourth-order valence-electron chi connectivity index (χ4n) is 0.918. The second kappa shape index (κ2) is 6.23. The Kier molecular flexibility index (Phi) is 5.67. The van der Waals surface area contributed by atoms with E-state index in [2.05, 4.69) is 0 Å². The van der Waals surface area contributed by atoms with Crippen molar-refractivity contribution in [2.24, 2.45) is 0 Å². The van der Waals surface area contributed by atoms with Gasteiger partial charge in [-0.2, -0.15) is 0 Å². The van der Waals surface area contributed by atoms with Crippen molar-refractivity contribution in [2.45, 2.75) is 0 Å². The van der Waals surface area contributed by atoms with Gasteiger partial charge in [-0.15, -0.1) is 0 Å². The van der Waals surface area contributed by atoms with Crippen LogP contribution in [0, 0.1) is 5.41 Å². The largest absolute Gasteiger partial charge is 1.00 e. The maximum absolute atomic E-state index is 8.33. The molecule has 0 heterocycles. The maximum Gasteiger partial charge on any atom is 1.00 e. The van der Waals surface area contributed by atoms with Gasteiger partial charge >= 0.3 is 18.9 Å². The quantitative estimate of drug-likeness (QED) is 0.464. The normalized spacial score (nSPS) is 8.07. The third-order valence-corrected chi connectivity index (χ3v) is 1.61. The van der Waals surface area contributed by atoms with E-state index in [1.54, 1.807) is 31.4 Å². The van der Waals surface area contributed by atoms with E-state index in [0.29, 0.717) is 5.56 Å². The molecule has 0 aromatic heterocycles. The van der Waals surface area contributed by atoms with Gasteiger partial charge in [-0.1, -0.05) is 0 Å². The smallest absolute Gasteiger partial charge is 0.763 e. The molecule has 1 aromatic carbocycles. The zero-order chi connectivity index (χ0) is 9.68. The fourth-order valence-corrected chi connectivity index (χ4v) is 0.918. The Hall–Kier alpha value is -1.26. The van der Waals surface area contributed by atoms with E-state index in [-0.39, 0.29) is 24.6 Å². The third-order valence-electron chi connectivity index (χ3n) is 1.61. The van der Waals surface area contributed by atoms with Crippen LogP contribution in [0.25, 0.3) is 5.41 Å². The third kappa shape index (κ3) is 3.24. The zero-order valence-corrected chi connectivity index (χ0v) is 8.24. The van der Waals surface area contributed by atoms with Crippen LogP contribution in [0.5, 0.6) is 5.75 Å². The molecule has 0 unspecified atom stereocenters. The topological polar surface area (TPSA) is 55.4 Å². The van der Waals surface area contributed by atoms with Gasteiger partial charge in [-0.05, 0) is 30.3 Å². The molecule has 1 aromatic rings. The van der Waals surface area contributed by atoms with Gasteiger partial charge in [0.05, 0.1) is 12.8 Å². The van der Waals surface area contributed by atoms with Crippen LogP contribution in [0.4, 0.5) is 0 Å². The molecule has 1 rings (SSSR count). The van der Waals surface area contributed by atoms with Crippen molar-refractivity contribution in [3.05, 3.63) is 41.3 Å². The number of ether oxygens (including phenoxy) is 1. The molecule has 0 bridgehead atoms. The van der Waals surface area contributed by atoms with Gasteiger partial charge in [0, 0.05) is 5.56 Å². The molecule has 0 aliphatic carbocycles. The number of benzene rings is 1. The SMILES string of the molecule is COc1ccc(C(=N)C=C=[N-])cc1.[Li+]. The van der Waals surface area contributed by atoms with Crippen LogP contribution in [-0.2, 0) is 0 Å². The van der Waals surface area contributed by atoms with Crippen molar-refractivity contribution in [1.82, 2.24) is 0 Å². The van der Waals surface area contributed by atoms with Crippen molar-refractivity contribution < 1.29 is 23.6 Å². The van der Waals surface area contributed by atoms with E-state index in [1.165, 1.54) is 6.08 Å². The Balaban J connectivity index is 0.00000169. The number of nitrogens with zero attached hydrogens (tertiary/aromatic N) is 1. The summed E-state index contributed by atoms with van der Waals surface area (Å²) < 4.78 is 4.96. The van der Waals surface area contributed by atoms with Gasteiger partial charge in [0.15, 0.2) is 0 Å². The minimum absolute atomic E-state index is 0. The Bertz CT molecular complexity index is 353. The molecule has 14 heavy (non-hydrogen) atoms. The summed E-state index contributed by atoms with van der Waals surface area (Å²) >= 11 is 0. The van der Waals surface area contributed by atoms with Gasteiger partial charge in [0.25, 0.3) is 0 Å². The Morgan fingerprint density at radius 3 is 2.43 bits per heavy atom.